The van der Waals surface area contributed by atoms with Gasteiger partial charge in [0.25, 0.3) is 0 Å². The van der Waals surface area contributed by atoms with Crippen LogP contribution in [-0.4, -0.2) is 32.1 Å². The van der Waals surface area contributed by atoms with Crippen LogP contribution in [0.25, 0.3) is 0 Å². The summed E-state index contributed by atoms with van der Waals surface area (Å²) in [4.78, 5) is 13.9. The lowest BCUT2D eigenvalue weighted by molar-refractivity contribution is -0.159. The molecule has 1 N–H and O–H groups in total. The zero-order valence-corrected chi connectivity index (χ0v) is 12.2. The molecule has 4 nitrogen and oxygen atoms in total. The number of aliphatic hydroxyl groups is 1. The highest BCUT2D eigenvalue weighted by Crippen LogP contribution is 2.55. The normalized spacial score (nSPS) is 32.2. The van der Waals surface area contributed by atoms with Crippen LogP contribution in [0.2, 0.25) is 0 Å². The Hall–Kier alpha value is -1.51. The van der Waals surface area contributed by atoms with Gasteiger partial charge in [-0.2, -0.15) is 5.26 Å². The first kappa shape index (κ1) is 13.5. The fraction of sp³-hybridized carbons (Fsp3) is 0.467. The first-order valence-corrected chi connectivity index (χ1v) is 7.48. The number of rotatable bonds is 2. The fourth-order valence-electron chi connectivity index (χ4n) is 2.99. The Morgan fingerprint density at radius 3 is 2.65 bits per heavy atom. The van der Waals surface area contributed by atoms with Crippen molar-refractivity contribution in [3.05, 3.63) is 35.9 Å². The van der Waals surface area contributed by atoms with Crippen molar-refractivity contribution in [1.29, 1.82) is 5.26 Å². The number of amides is 1. The Morgan fingerprint density at radius 1 is 1.40 bits per heavy atom. The van der Waals surface area contributed by atoms with E-state index in [1.165, 1.54) is 0 Å². The van der Waals surface area contributed by atoms with E-state index in [1.54, 1.807) is 16.7 Å². The molecule has 0 aliphatic carbocycles. The molecular formula is C15H16N2O2S. The third-order valence-electron chi connectivity index (χ3n) is 4.09. The maximum Gasteiger partial charge on any atom is 0.233 e. The summed E-state index contributed by atoms with van der Waals surface area (Å²) < 4.78 is -0.291. The van der Waals surface area contributed by atoms with Crippen molar-refractivity contribution in [2.24, 2.45) is 5.92 Å². The van der Waals surface area contributed by atoms with E-state index in [1.807, 2.05) is 44.2 Å². The molecule has 2 fully saturated rings. The molecule has 0 aromatic heterocycles. The molecule has 5 heteroatoms. The minimum atomic E-state index is -0.800. The number of aliphatic hydroxyl groups excluding tert-OH is 1. The predicted octanol–water partition coefficient (Wildman–Crippen LogP) is 1.92. The van der Waals surface area contributed by atoms with Crippen LogP contribution < -0.4 is 0 Å². The van der Waals surface area contributed by atoms with Gasteiger partial charge < -0.3 is 10.0 Å². The van der Waals surface area contributed by atoms with E-state index in [-0.39, 0.29) is 16.0 Å². The Bertz CT molecular complexity index is 581. The second-order valence-electron chi connectivity index (χ2n) is 5.77. The van der Waals surface area contributed by atoms with Crippen LogP contribution in [0.1, 0.15) is 25.5 Å². The van der Waals surface area contributed by atoms with Crippen LogP contribution in [0.3, 0.4) is 0 Å². The Morgan fingerprint density at radius 2 is 2.05 bits per heavy atom. The molecule has 1 aromatic rings. The molecule has 3 rings (SSSR count). The first-order valence-electron chi connectivity index (χ1n) is 6.60. The minimum absolute atomic E-state index is 0.0997. The molecule has 1 amide bonds. The molecule has 2 heterocycles. The molecular weight excluding hydrogens is 272 g/mol. The van der Waals surface area contributed by atoms with Crippen LogP contribution >= 0.6 is 11.8 Å². The van der Waals surface area contributed by atoms with Gasteiger partial charge in [-0.1, -0.05) is 30.3 Å². The smallest absolute Gasteiger partial charge is 0.233 e. The van der Waals surface area contributed by atoms with E-state index < -0.39 is 18.1 Å². The highest BCUT2D eigenvalue weighted by atomic mass is 32.2. The van der Waals surface area contributed by atoms with Gasteiger partial charge in [-0.25, -0.2) is 0 Å². The van der Waals surface area contributed by atoms with E-state index in [0.29, 0.717) is 0 Å². The summed E-state index contributed by atoms with van der Waals surface area (Å²) >= 11 is 1.61. The molecule has 0 saturated carbocycles. The summed E-state index contributed by atoms with van der Waals surface area (Å²) in [5, 5.41) is 19.6. The third-order valence-corrected chi connectivity index (χ3v) is 5.68. The summed E-state index contributed by atoms with van der Waals surface area (Å²) in [5.74, 6) is -0.559. The zero-order valence-electron chi connectivity index (χ0n) is 11.4. The van der Waals surface area contributed by atoms with Gasteiger partial charge in [0.05, 0.1) is 23.5 Å². The molecule has 0 spiro atoms. The highest BCUT2D eigenvalue weighted by molar-refractivity contribution is 8.01. The van der Waals surface area contributed by atoms with Crippen molar-refractivity contribution in [2.75, 3.05) is 0 Å². The number of thioether (sulfide) groups is 1. The third kappa shape index (κ3) is 1.75. The van der Waals surface area contributed by atoms with E-state index in [0.717, 1.165) is 5.56 Å². The number of hydrogen-bond donors (Lipinski definition) is 1. The number of nitriles is 1. The number of nitrogens with zero attached hydrogens (tertiary/aromatic N) is 2. The molecule has 0 bridgehead atoms. The van der Waals surface area contributed by atoms with Crippen LogP contribution in [-0.2, 0) is 4.79 Å². The molecule has 1 unspecified atom stereocenters. The summed E-state index contributed by atoms with van der Waals surface area (Å²) in [6, 6.07) is 11.0. The van der Waals surface area contributed by atoms with Crippen molar-refractivity contribution in [2.45, 2.75) is 36.1 Å². The Kier molecular flexibility index (Phi) is 3.03. The number of fused-ring (bicyclic) bond motifs is 1. The largest absolute Gasteiger partial charge is 0.387 e. The van der Waals surface area contributed by atoms with Gasteiger partial charge in [0.1, 0.15) is 6.04 Å². The van der Waals surface area contributed by atoms with Crippen LogP contribution in [0.15, 0.2) is 30.3 Å². The highest BCUT2D eigenvalue weighted by Gasteiger charge is 2.63. The van der Waals surface area contributed by atoms with Crippen molar-refractivity contribution in [3.8, 4) is 6.07 Å². The molecule has 2 aliphatic rings. The molecule has 1 aromatic carbocycles. The van der Waals surface area contributed by atoms with Crippen LogP contribution in [0, 0.1) is 17.2 Å². The molecule has 20 heavy (non-hydrogen) atoms. The summed E-state index contributed by atoms with van der Waals surface area (Å²) in [6.45, 7) is 3.95. The molecule has 2 saturated heterocycles. The lowest BCUT2D eigenvalue weighted by atomic mass is 9.85. The second kappa shape index (κ2) is 4.51. The van der Waals surface area contributed by atoms with Gasteiger partial charge in [0.2, 0.25) is 5.91 Å². The fourth-order valence-corrected chi connectivity index (χ4v) is 4.66. The van der Waals surface area contributed by atoms with E-state index >= 15 is 0 Å². The average Bonchev–Trinajstić information content (AvgIpc) is 2.67. The van der Waals surface area contributed by atoms with Crippen molar-refractivity contribution < 1.29 is 9.90 Å². The van der Waals surface area contributed by atoms with Gasteiger partial charge in [-0.3, -0.25) is 4.79 Å². The SMILES string of the molecule is CC1(C)S[C@H]2[C@@H](C(O)c3ccccc3)C(=O)N2[C@H]1C#N. The molecule has 2 aliphatic heterocycles. The maximum atomic E-state index is 12.3. The standard InChI is InChI=1S/C15H16N2O2S/c1-15(2)10(8-16)17-13(19)11(14(17)20-15)12(18)9-6-4-3-5-7-9/h3-7,10-12,14,18H,1-2H3/t10-,11-,12?,14-/m0/s1. The van der Waals surface area contributed by atoms with Gasteiger partial charge in [0, 0.05) is 4.75 Å². The maximum absolute atomic E-state index is 12.3. The number of hydrogen-bond acceptors (Lipinski definition) is 4. The summed E-state index contributed by atoms with van der Waals surface area (Å²) in [7, 11) is 0. The Labute approximate surface area is 122 Å². The van der Waals surface area contributed by atoms with E-state index in [4.69, 9.17) is 0 Å². The van der Waals surface area contributed by atoms with E-state index in [2.05, 4.69) is 6.07 Å². The lowest BCUT2D eigenvalue weighted by Gasteiger charge is -2.45. The van der Waals surface area contributed by atoms with Crippen LogP contribution in [0.4, 0.5) is 0 Å². The lowest BCUT2D eigenvalue weighted by Crippen LogP contribution is -2.61. The van der Waals surface area contributed by atoms with Gasteiger partial charge >= 0.3 is 0 Å². The molecule has 104 valence electrons. The van der Waals surface area contributed by atoms with Crippen molar-refractivity contribution in [1.82, 2.24) is 4.90 Å². The van der Waals surface area contributed by atoms with Crippen molar-refractivity contribution in [3.63, 3.8) is 0 Å². The number of β-lactam (4-membered cyclic amide) rings is 1. The molecule has 4 atom stereocenters. The summed E-state index contributed by atoms with van der Waals surface area (Å²) in [5.41, 5.74) is 0.754. The van der Waals surface area contributed by atoms with Crippen molar-refractivity contribution >= 4 is 17.7 Å². The average molecular weight is 288 g/mol. The minimum Gasteiger partial charge on any atom is -0.387 e. The van der Waals surface area contributed by atoms with Gasteiger partial charge in [0.15, 0.2) is 0 Å². The second-order valence-corrected chi connectivity index (χ2v) is 7.54. The topological polar surface area (TPSA) is 64.3 Å². The number of benzene rings is 1. The number of carbonyl (C=O) groups excluding carboxylic acids is 1. The summed E-state index contributed by atoms with van der Waals surface area (Å²) in [6.07, 6.45) is -0.800. The predicted molar refractivity (Wildman–Crippen MR) is 76.6 cm³/mol. The van der Waals surface area contributed by atoms with Gasteiger partial charge in [-0.05, 0) is 19.4 Å². The van der Waals surface area contributed by atoms with Crippen LogP contribution in [0.5, 0.6) is 0 Å². The Balaban J connectivity index is 1.86. The number of carbonyl (C=O) groups is 1. The zero-order chi connectivity index (χ0) is 14.5. The molecule has 0 radical (unpaired) electrons. The quantitative estimate of drug-likeness (QED) is 0.845. The van der Waals surface area contributed by atoms with E-state index in [9.17, 15) is 15.2 Å². The first-order chi connectivity index (χ1) is 9.47. The van der Waals surface area contributed by atoms with Gasteiger partial charge in [-0.15, -0.1) is 11.8 Å². The monoisotopic (exact) mass is 288 g/mol.